The van der Waals surface area contributed by atoms with Gasteiger partial charge in [-0.3, -0.25) is 10.2 Å². The minimum atomic E-state index is -0.427. The van der Waals surface area contributed by atoms with Crippen LogP contribution in [0.3, 0.4) is 0 Å². The number of rotatable bonds is 2. The molecule has 10 heteroatoms. The summed E-state index contributed by atoms with van der Waals surface area (Å²) in [4.78, 5) is 19.1. The second kappa shape index (κ2) is 8.23. The normalized spacial score (nSPS) is 20.0. The minimum absolute atomic E-state index is 0.0343. The van der Waals surface area contributed by atoms with Gasteiger partial charge in [-0.1, -0.05) is 11.6 Å². The first kappa shape index (κ1) is 21.0. The van der Waals surface area contributed by atoms with Gasteiger partial charge in [0.1, 0.15) is 0 Å². The van der Waals surface area contributed by atoms with Crippen LogP contribution in [0.15, 0.2) is 46.0 Å². The zero-order chi connectivity index (χ0) is 22.4. The van der Waals surface area contributed by atoms with E-state index in [1.54, 1.807) is 6.08 Å². The van der Waals surface area contributed by atoms with E-state index < -0.39 is 5.91 Å². The number of ether oxygens (including phenoxy) is 1. The Balaban J connectivity index is 1.47. The Morgan fingerprint density at radius 1 is 1.16 bits per heavy atom. The molecule has 0 saturated carbocycles. The number of aromatic nitrogens is 1. The van der Waals surface area contributed by atoms with E-state index in [4.69, 9.17) is 21.7 Å². The monoisotopic (exact) mass is 468 g/mol. The number of hydrazone groups is 1. The summed E-state index contributed by atoms with van der Waals surface area (Å²) in [6, 6.07) is 9.59. The average molecular weight is 469 g/mol. The van der Waals surface area contributed by atoms with Gasteiger partial charge < -0.3 is 14.2 Å². The molecule has 1 N–H and O–H groups in total. The van der Waals surface area contributed by atoms with Crippen molar-refractivity contribution in [2.75, 3.05) is 26.3 Å². The SMILES string of the molecule is Cc1cc(/C=C2\C(=N)N3N=C(N4CCOCC4)SC3=NC2=O)c(C)n1-c1ccc(Cl)cc1. The Bertz CT molecular complexity index is 1210. The quantitative estimate of drug-likeness (QED) is 0.680. The molecule has 1 aromatic heterocycles. The number of carbonyl (C=O) groups excluding carboxylic acids is 1. The van der Waals surface area contributed by atoms with Crippen LogP contribution in [0.4, 0.5) is 0 Å². The van der Waals surface area contributed by atoms with Crippen LogP contribution in [0.1, 0.15) is 17.0 Å². The maximum absolute atomic E-state index is 12.8. The molecule has 0 aliphatic carbocycles. The highest BCUT2D eigenvalue weighted by Crippen LogP contribution is 2.31. The minimum Gasteiger partial charge on any atom is -0.378 e. The molecule has 4 heterocycles. The third-order valence-electron chi connectivity index (χ3n) is 5.58. The molecule has 5 rings (SSSR count). The van der Waals surface area contributed by atoms with Crippen molar-refractivity contribution >= 4 is 51.5 Å². The molecule has 3 aliphatic rings. The van der Waals surface area contributed by atoms with E-state index >= 15 is 0 Å². The van der Waals surface area contributed by atoms with Crippen molar-refractivity contribution in [3.8, 4) is 5.69 Å². The average Bonchev–Trinajstić information content (AvgIpc) is 3.33. The number of aryl methyl sites for hydroxylation is 1. The van der Waals surface area contributed by atoms with E-state index in [1.165, 1.54) is 16.8 Å². The molecule has 1 fully saturated rings. The predicted molar refractivity (Wildman–Crippen MR) is 128 cm³/mol. The molecule has 0 radical (unpaired) electrons. The second-order valence-corrected chi connectivity index (χ2v) is 9.01. The lowest BCUT2D eigenvalue weighted by molar-refractivity contribution is -0.114. The molecule has 0 bridgehead atoms. The summed E-state index contributed by atoms with van der Waals surface area (Å²) in [5, 5.41) is 16.5. The molecule has 1 aromatic carbocycles. The molecule has 164 valence electrons. The third-order valence-corrected chi connectivity index (χ3v) is 6.80. The summed E-state index contributed by atoms with van der Waals surface area (Å²) in [5.41, 5.74) is 4.03. The number of nitrogens with zero attached hydrogens (tertiary/aromatic N) is 5. The fourth-order valence-electron chi connectivity index (χ4n) is 3.94. The molecule has 8 nitrogen and oxygen atoms in total. The molecule has 0 unspecified atom stereocenters. The van der Waals surface area contributed by atoms with Crippen LogP contribution in [-0.2, 0) is 9.53 Å². The van der Waals surface area contributed by atoms with Crippen LogP contribution in [-0.4, -0.2) is 62.9 Å². The fraction of sp³-hybridized carbons (Fsp3) is 0.273. The molecule has 0 atom stereocenters. The van der Waals surface area contributed by atoms with Crippen molar-refractivity contribution in [1.29, 1.82) is 5.41 Å². The molecule has 1 saturated heterocycles. The first-order chi connectivity index (χ1) is 15.4. The molecule has 0 spiro atoms. The predicted octanol–water partition coefficient (Wildman–Crippen LogP) is 3.66. The second-order valence-electron chi connectivity index (χ2n) is 7.64. The van der Waals surface area contributed by atoms with E-state index in [-0.39, 0.29) is 11.4 Å². The van der Waals surface area contributed by atoms with Crippen LogP contribution in [0.2, 0.25) is 5.02 Å². The Hall–Kier alpha value is -2.88. The summed E-state index contributed by atoms with van der Waals surface area (Å²) in [5.74, 6) is -0.393. The zero-order valence-electron chi connectivity index (χ0n) is 17.6. The van der Waals surface area contributed by atoms with Crippen LogP contribution in [0, 0.1) is 19.3 Å². The lowest BCUT2D eigenvalue weighted by atomic mass is 10.1. The van der Waals surface area contributed by atoms with E-state index in [2.05, 4.69) is 19.6 Å². The van der Waals surface area contributed by atoms with Crippen LogP contribution < -0.4 is 0 Å². The van der Waals surface area contributed by atoms with E-state index in [0.717, 1.165) is 40.9 Å². The van der Waals surface area contributed by atoms with Crippen LogP contribution >= 0.6 is 23.4 Å². The van der Waals surface area contributed by atoms with Crippen molar-refractivity contribution in [2.24, 2.45) is 10.1 Å². The Morgan fingerprint density at radius 2 is 1.88 bits per heavy atom. The highest BCUT2D eigenvalue weighted by Gasteiger charge is 2.37. The molecule has 1 amide bonds. The van der Waals surface area contributed by atoms with E-state index in [1.807, 2.05) is 44.2 Å². The molecule has 32 heavy (non-hydrogen) atoms. The van der Waals surface area contributed by atoms with Crippen molar-refractivity contribution in [2.45, 2.75) is 13.8 Å². The van der Waals surface area contributed by atoms with Crippen molar-refractivity contribution in [3.05, 3.63) is 57.9 Å². The Kier molecular flexibility index (Phi) is 5.40. The highest BCUT2D eigenvalue weighted by atomic mass is 35.5. The van der Waals surface area contributed by atoms with Gasteiger partial charge >= 0.3 is 0 Å². The van der Waals surface area contributed by atoms with Gasteiger partial charge in [-0.25, -0.2) is 0 Å². The van der Waals surface area contributed by atoms with Crippen molar-refractivity contribution in [3.63, 3.8) is 0 Å². The molecular weight excluding hydrogens is 448 g/mol. The zero-order valence-corrected chi connectivity index (χ0v) is 19.2. The largest absolute Gasteiger partial charge is 0.378 e. The summed E-state index contributed by atoms with van der Waals surface area (Å²) in [6.07, 6.45) is 1.73. The number of thioether (sulfide) groups is 1. The van der Waals surface area contributed by atoms with Gasteiger partial charge in [0.2, 0.25) is 5.17 Å². The molecule has 2 aromatic rings. The van der Waals surface area contributed by atoms with Crippen LogP contribution in [0.25, 0.3) is 11.8 Å². The number of halogens is 1. The summed E-state index contributed by atoms with van der Waals surface area (Å²) in [7, 11) is 0. The van der Waals surface area contributed by atoms with Crippen molar-refractivity contribution in [1.82, 2.24) is 14.5 Å². The van der Waals surface area contributed by atoms with Gasteiger partial charge in [-0.15, -0.1) is 5.10 Å². The summed E-state index contributed by atoms with van der Waals surface area (Å²) in [6.45, 7) is 6.72. The number of amides is 1. The van der Waals surface area contributed by atoms with Crippen molar-refractivity contribution < 1.29 is 9.53 Å². The topological polar surface area (TPSA) is 86.3 Å². The Labute approximate surface area is 194 Å². The van der Waals surface area contributed by atoms with Crippen LogP contribution in [0.5, 0.6) is 0 Å². The number of benzene rings is 1. The first-order valence-corrected chi connectivity index (χ1v) is 11.4. The van der Waals surface area contributed by atoms with E-state index in [9.17, 15) is 4.79 Å². The lowest BCUT2D eigenvalue weighted by Gasteiger charge is -2.26. The summed E-state index contributed by atoms with van der Waals surface area (Å²) >= 11 is 7.35. The first-order valence-electron chi connectivity index (χ1n) is 10.2. The molecular formula is C22H21ClN6O2S. The van der Waals surface area contributed by atoms with Gasteiger partial charge in [-0.05, 0) is 67.6 Å². The number of morpholine rings is 1. The number of nitrogens with one attached hydrogen (secondary N) is 1. The third kappa shape index (κ3) is 3.66. The summed E-state index contributed by atoms with van der Waals surface area (Å²) < 4.78 is 7.49. The molecule has 3 aliphatic heterocycles. The van der Waals surface area contributed by atoms with Gasteiger partial charge in [0.25, 0.3) is 5.91 Å². The number of carbonyl (C=O) groups is 1. The standard InChI is InChI=1S/C22H21ClN6O2S/c1-13-11-15(14(2)28(13)17-5-3-16(23)4-6-17)12-18-19(24)29-21(25-20(18)30)32-22(26-29)27-7-9-31-10-8-27/h3-6,11-12,24H,7-10H2,1-2H3/b18-12+,24-19?. The van der Waals surface area contributed by atoms with Gasteiger partial charge in [0, 0.05) is 35.2 Å². The number of aliphatic imine (C=N–C) groups is 1. The van der Waals surface area contributed by atoms with Gasteiger partial charge in [0.15, 0.2) is 11.0 Å². The smallest absolute Gasteiger partial charge is 0.283 e. The number of hydrogen-bond donors (Lipinski definition) is 1. The fourth-order valence-corrected chi connectivity index (χ4v) is 5.01. The number of fused-ring (bicyclic) bond motifs is 1. The Morgan fingerprint density at radius 3 is 2.59 bits per heavy atom. The number of amidine groups is 3. The van der Waals surface area contributed by atoms with Gasteiger partial charge in [-0.2, -0.15) is 10.0 Å². The number of hydrogen-bond acceptors (Lipinski definition) is 6. The maximum atomic E-state index is 12.8. The van der Waals surface area contributed by atoms with E-state index in [0.29, 0.717) is 23.4 Å². The lowest BCUT2D eigenvalue weighted by Crippen LogP contribution is -2.39. The highest BCUT2D eigenvalue weighted by molar-refractivity contribution is 8.26. The van der Waals surface area contributed by atoms with Gasteiger partial charge in [0.05, 0.1) is 18.8 Å². The maximum Gasteiger partial charge on any atom is 0.283 e.